The lowest BCUT2D eigenvalue weighted by molar-refractivity contribution is 0.0516. The van der Waals surface area contributed by atoms with Crippen molar-refractivity contribution in [3.05, 3.63) is 35.9 Å². The molecular weight excluding hydrogens is 220 g/mol. The highest BCUT2D eigenvalue weighted by atomic mass is 15.3. The van der Waals surface area contributed by atoms with E-state index in [9.17, 15) is 0 Å². The molecule has 1 aliphatic heterocycles. The van der Waals surface area contributed by atoms with Crippen molar-refractivity contribution in [2.45, 2.75) is 45.2 Å². The predicted molar refractivity (Wildman–Crippen MR) is 77.9 cm³/mol. The minimum atomic E-state index is 0.289. The van der Waals surface area contributed by atoms with E-state index in [-0.39, 0.29) is 5.54 Å². The molecule has 2 rings (SSSR count). The molecule has 0 radical (unpaired) electrons. The summed E-state index contributed by atoms with van der Waals surface area (Å²) in [5.41, 5.74) is 1.74. The molecule has 0 aliphatic carbocycles. The summed E-state index contributed by atoms with van der Waals surface area (Å²) < 4.78 is 0. The van der Waals surface area contributed by atoms with Gasteiger partial charge in [0.25, 0.3) is 0 Å². The Labute approximate surface area is 111 Å². The third kappa shape index (κ3) is 3.33. The molecule has 2 nitrogen and oxygen atoms in total. The quantitative estimate of drug-likeness (QED) is 0.878. The Balaban J connectivity index is 1.94. The van der Waals surface area contributed by atoms with Gasteiger partial charge in [0.2, 0.25) is 0 Å². The summed E-state index contributed by atoms with van der Waals surface area (Å²) in [4.78, 5) is 2.66. The van der Waals surface area contributed by atoms with Crippen LogP contribution in [0.5, 0.6) is 0 Å². The number of nitrogens with one attached hydrogen (secondary N) is 1. The molecular formula is C16H26N2. The molecule has 0 aromatic heterocycles. The molecule has 0 bridgehead atoms. The van der Waals surface area contributed by atoms with Gasteiger partial charge in [-0.2, -0.15) is 0 Å². The zero-order valence-corrected chi connectivity index (χ0v) is 11.9. The minimum absolute atomic E-state index is 0.289. The van der Waals surface area contributed by atoms with Crippen molar-refractivity contribution in [1.82, 2.24) is 10.2 Å². The first kappa shape index (κ1) is 13.6. The second kappa shape index (κ2) is 5.85. The SMILES string of the molecule is CC1CNCCN1C(C)(C)CCc1ccccc1. The molecule has 0 spiro atoms. The topological polar surface area (TPSA) is 15.3 Å². The van der Waals surface area contributed by atoms with Gasteiger partial charge in [-0.3, -0.25) is 4.90 Å². The molecule has 100 valence electrons. The molecule has 18 heavy (non-hydrogen) atoms. The van der Waals surface area contributed by atoms with E-state index in [4.69, 9.17) is 0 Å². The Bertz CT molecular complexity index is 359. The molecule has 1 fully saturated rings. The molecule has 1 aromatic carbocycles. The van der Waals surface area contributed by atoms with E-state index in [0.29, 0.717) is 6.04 Å². The van der Waals surface area contributed by atoms with Crippen LogP contribution in [0.1, 0.15) is 32.8 Å². The molecule has 1 aromatic rings. The lowest BCUT2D eigenvalue weighted by atomic mass is 9.91. The molecule has 0 saturated carbocycles. The van der Waals surface area contributed by atoms with Gasteiger partial charge in [0.05, 0.1) is 0 Å². The fraction of sp³-hybridized carbons (Fsp3) is 0.625. The number of piperazine rings is 1. The number of benzene rings is 1. The van der Waals surface area contributed by atoms with Crippen LogP contribution in [-0.4, -0.2) is 36.1 Å². The molecule has 1 aliphatic rings. The zero-order valence-electron chi connectivity index (χ0n) is 11.9. The van der Waals surface area contributed by atoms with Gasteiger partial charge >= 0.3 is 0 Å². The standard InChI is InChI=1S/C16H26N2/c1-14-13-17-11-12-18(14)16(2,3)10-9-15-7-5-4-6-8-15/h4-8,14,17H,9-13H2,1-3H3. The number of hydrogen-bond acceptors (Lipinski definition) is 2. The normalized spacial score (nSPS) is 22.1. The van der Waals surface area contributed by atoms with E-state index in [2.05, 4.69) is 61.3 Å². The fourth-order valence-electron chi connectivity index (χ4n) is 2.98. The molecule has 1 N–H and O–H groups in total. The Morgan fingerprint density at radius 1 is 1.28 bits per heavy atom. The van der Waals surface area contributed by atoms with E-state index in [1.165, 1.54) is 24.9 Å². The largest absolute Gasteiger partial charge is 0.314 e. The highest BCUT2D eigenvalue weighted by molar-refractivity contribution is 5.15. The van der Waals surface area contributed by atoms with Crippen molar-refractivity contribution in [2.24, 2.45) is 0 Å². The van der Waals surface area contributed by atoms with Crippen LogP contribution in [0.25, 0.3) is 0 Å². The summed E-state index contributed by atoms with van der Waals surface area (Å²) in [7, 11) is 0. The minimum Gasteiger partial charge on any atom is -0.314 e. The Morgan fingerprint density at radius 2 is 2.00 bits per heavy atom. The molecule has 2 heteroatoms. The van der Waals surface area contributed by atoms with Crippen LogP contribution in [0.15, 0.2) is 30.3 Å². The van der Waals surface area contributed by atoms with Crippen molar-refractivity contribution in [3.63, 3.8) is 0 Å². The average Bonchev–Trinajstić information content (AvgIpc) is 2.38. The third-order valence-electron chi connectivity index (χ3n) is 4.15. The fourth-order valence-corrected chi connectivity index (χ4v) is 2.98. The van der Waals surface area contributed by atoms with Crippen molar-refractivity contribution < 1.29 is 0 Å². The van der Waals surface area contributed by atoms with Gasteiger partial charge in [-0.25, -0.2) is 0 Å². The van der Waals surface area contributed by atoms with E-state index in [1.807, 2.05) is 0 Å². The highest BCUT2D eigenvalue weighted by Gasteiger charge is 2.31. The van der Waals surface area contributed by atoms with Crippen molar-refractivity contribution >= 4 is 0 Å². The van der Waals surface area contributed by atoms with Crippen LogP contribution in [0, 0.1) is 0 Å². The van der Waals surface area contributed by atoms with Gasteiger partial charge in [0.15, 0.2) is 0 Å². The van der Waals surface area contributed by atoms with E-state index < -0.39 is 0 Å². The second-order valence-corrected chi connectivity index (χ2v) is 6.04. The van der Waals surface area contributed by atoms with E-state index in [0.717, 1.165) is 13.1 Å². The summed E-state index contributed by atoms with van der Waals surface area (Å²) in [6.45, 7) is 10.5. The number of hydrogen-bond donors (Lipinski definition) is 1. The van der Waals surface area contributed by atoms with Crippen LogP contribution >= 0.6 is 0 Å². The van der Waals surface area contributed by atoms with Crippen molar-refractivity contribution in [2.75, 3.05) is 19.6 Å². The zero-order chi connectivity index (χ0) is 13.0. The summed E-state index contributed by atoms with van der Waals surface area (Å²) in [5, 5.41) is 3.47. The van der Waals surface area contributed by atoms with Gasteiger partial charge in [0, 0.05) is 31.2 Å². The van der Waals surface area contributed by atoms with Crippen LogP contribution in [-0.2, 0) is 6.42 Å². The molecule has 1 saturated heterocycles. The second-order valence-electron chi connectivity index (χ2n) is 6.04. The first-order chi connectivity index (χ1) is 8.59. The Kier molecular flexibility index (Phi) is 4.41. The molecule has 1 atom stereocenters. The summed E-state index contributed by atoms with van der Waals surface area (Å²) in [6.07, 6.45) is 2.39. The maximum absolute atomic E-state index is 3.47. The van der Waals surface area contributed by atoms with Crippen LogP contribution in [0.4, 0.5) is 0 Å². The van der Waals surface area contributed by atoms with E-state index >= 15 is 0 Å². The molecule has 1 heterocycles. The highest BCUT2D eigenvalue weighted by Crippen LogP contribution is 2.24. The Hall–Kier alpha value is -0.860. The van der Waals surface area contributed by atoms with Crippen LogP contribution in [0.2, 0.25) is 0 Å². The van der Waals surface area contributed by atoms with Gasteiger partial charge in [-0.15, -0.1) is 0 Å². The van der Waals surface area contributed by atoms with Gasteiger partial charge in [0.1, 0.15) is 0 Å². The average molecular weight is 246 g/mol. The summed E-state index contributed by atoms with van der Waals surface area (Å²) >= 11 is 0. The molecule has 0 amide bonds. The molecule has 1 unspecified atom stereocenters. The smallest absolute Gasteiger partial charge is 0.0198 e. The number of nitrogens with zero attached hydrogens (tertiary/aromatic N) is 1. The lowest BCUT2D eigenvalue weighted by Gasteiger charge is -2.45. The van der Waals surface area contributed by atoms with Crippen molar-refractivity contribution in [1.29, 1.82) is 0 Å². The lowest BCUT2D eigenvalue weighted by Crippen LogP contribution is -2.58. The monoisotopic (exact) mass is 246 g/mol. The van der Waals surface area contributed by atoms with E-state index in [1.54, 1.807) is 0 Å². The van der Waals surface area contributed by atoms with Crippen LogP contribution < -0.4 is 5.32 Å². The van der Waals surface area contributed by atoms with Crippen molar-refractivity contribution in [3.8, 4) is 0 Å². The Morgan fingerprint density at radius 3 is 2.67 bits per heavy atom. The third-order valence-corrected chi connectivity index (χ3v) is 4.15. The number of aryl methyl sites for hydroxylation is 1. The summed E-state index contributed by atoms with van der Waals surface area (Å²) in [5.74, 6) is 0. The predicted octanol–water partition coefficient (Wildman–Crippen LogP) is 2.69. The van der Waals surface area contributed by atoms with Gasteiger partial charge in [-0.05, 0) is 39.2 Å². The first-order valence-electron chi connectivity index (χ1n) is 7.11. The van der Waals surface area contributed by atoms with Gasteiger partial charge < -0.3 is 5.32 Å². The van der Waals surface area contributed by atoms with Gasteiger partial charge in [-0.1, -0.05) is 30.3 Å². The van der Waals surface area contributed by atoms with Crippen LogP contribution in [0.3, 0.4) is 0 Å². The summed E-state index contributed by atoms with van der Waals surface area (Å²) in [6, 6.07) is 11.5. The maximum Gasteiger partial charge on any atom is 0.0198 e. The first-order valence-corrected chi connectivity index (χ1v) is 7.11. The number of rotatable bonds is 4. The maximum atomic E-state index is 3.47.